The molecule has 0 bridgehead atoms. The lowest BCUT2D eigenvalue weighted by Crippen LogP contribution is -2.37. The summed E-state index contributed by atoms with van der Waals surface area (Å²) in [6.07, 6.45) is 1.74. The molecule has 0 saturated carbocycles. The number of thiocarbonyl (C=S) groups is 1. The highest BCUT2D eigenvalue weighted by Gasteiger charge is 2.12. The van der Waals surface area contributed by atoms with Gasteiger partial charge in [0, 0.05) is 12.5 Å². The van der Waals surface area contributed by atoms with E-state index in [0.29, 0.717) is 17.8 Å². The summed E-state index contributed by atoms with van der Waals surface area (Å²) < 4.78 is 0. The fourth-order valence-corrected chi connectivity index (χ4v) is 2.55. The Hall–Kier alpha value is -1.94. The van der Waals surface area contributed by atoms with Crippen molar-refractivity contribution >= 4 is 33.9 Å². The number of carbonyl (C=O) groups is 1. The zero-order valence-electron chi connectivity index (χ0n) is 12.1. The molecule has 0 heterocycles. The lowest BCUT2D eigenvalue weighted by Gasteiger charge is -2.16. The predicted molar refractivity (Wildman–Crippen MR) is 91.3 cm³/mol. The Morgan fingerprint density at radius 2 is 1.95 bits per heavy atom. The largest absolute Gasteiger partial charge is 0.393 e. The van der Waals surface area contributed by atoms with Gasteiger partial charge in [0.25, 0.3) is 0 Å². The van der Waals surface area contributed by atoms with E-state index >= 15 is 0 Å². The SMILES string of the molecule is CCC(CC(N)=S)NC(=O)Cc1ccc2ccccc2c1. The molecule has 0 aliphatic carbocycles. The zero-order valence-corrected chi connectivity index (χ0v) is 13.0. The maximum absolute atomic E-state index is 12.1. The Morgan fingerprint density at radius 1 is 1.24 bits per heavy atom. The highest BCUT2D eigenvalue weighted by molar-refractivity contribution is 7.80. The van der Waals surface area contributed by atoms with Crippen LogP contribution in [-0.2, 0) is 11.2 Å². The fraction of sp³-hybridized carbons (Fsp3) is 0.294. The molecule has 3 N–H and O–H groups in total. The second-order valence-corrected chi connectivity index (χ2v) is 5.73. The lowest BCUT2D eigenvalue weighted by atomic mass is 10.0. The molecule has 0 spiro atoms. The zero-order chi connectivity index (χ0) is 15.2. The molecule has 0 saturated heterocycles. The van der Waals surface area contributed by atoms with Crippen molar-refractivity contribution in [2.24, 2.45) is 5.73 Å². The normalized spacial score (nSPS) is 12.0. The van der Waals surface area contributed by atoms with Gasteiger partial charge in [-0.05, 0) is 22.8 Å². The van der Waals surface area contributed by atoms with E-state index in [9.17, 15) is 4.79 Å². The molecule has 0 aliphatic rings. The monoisotopic (exact) mass is 300 g/mol. The predicted octanol–water partition coefficient (Wildman–Crippen LogP) is 2.95. The number of carbonyl (C=O) groups excluding carboxylic acids is 1. The third-order valence-electron chi connectivity index (χ3n) is 3.48. The third-order valence-corrected chi connectivity index (χ3v) is 3.65. The third kappa shape index (κ3) is 4.53. The van der Waals surface area contributed by atoms with Crippen LogP contribution in [0.3, 0.4) is 0 Å². The van der Waals surface area contributed by atoms with Crippen LogP contribution in [0, 0.1) is 0 Å². The van der Waals surface area contributed by atoms with Crippen molar-refractivity contribution < 1.29 is 4.79 Å². The number of hydrogen-bond donors (Lipinski definition) is 2. The molecule has 2 aromatic carbocycles. The van der Waals surface area contributed by atoms with E-state index in [4.69, 9.17) is 18.0 Å². The van der Waals surface area contributed by atoms with Crippen molar-refractivity contribution in [1.29, 1.82) is 0 Å². The number of nitrogens with two attached hydrogens (primary N) is 1. The Labute approximate surface area is 130 Å². The maximum atomic E-state index is 12.1. The number of rotatable bonds is 6. The molecule has 1 unspecified atom stereocenters. The van der Waals surface area contributed by atoms with Crippen LogP contribution in [-0.4, -0.2) is 16.9 Å². The lowest BCUT2D eigenvalue weighted by molar-refractivity contribution is -0.121. The van der Waals surface area contributed by atoms with Crippen LogP contribution in [0.1, 0.15) is 25.3 Å². The average molecular weight is 300 g/mol. The second kappa shape index (κ2) is 7.18. The topological polar surface area (TPSA) is 55.1 Å². The highest BCUT2D eigenvalue weighted by atomic mass is 32.1. The van der Waals surface area contributed by atoms with E-state index in [1.807, 2.05) is 31.2 Å². The van der Waals surface area contributed by atoms with Crippen LogP contribution in [0.2, 0.25) is 0 Å². The highest BCUT2D eigenvalue weighted by Crippen LogP contribution is 2.16. The molecule has 0 fully saturated rings. The number of hydrogen-bond acceptors (Lipinski definition) is 2. The quantitative estimate of drug-likeness (QED) is 0.806. The minimum Gasteiger partial charge on any atom is -0.393 e. The molecular formula is C17H20N2OS. The van der Waals surface area contributed by atoms with Crippen LogP contribution in [0.5, 0.6) is 0 Å². The molecule has 4 heteroatoms. The van der Waals surface area contributed by atoms with Gasteiger partial charge in [0.1, 0.15) is 0 Å². The molecular weight excluding hydrogens is 280 g/mol. The first-order valence-corrected chi connectivity index (χ1v) is 7.54. The summed E-state index contributed by atoms with van der Waals surface area (Å²) in [5.41, 5.74) is 6.55. The van der Waals surface area contributed by atoms with Gasteiger partial charge in [-0.1, -0.05) is 61.6 Å². The van der Waals surface area contributed by atoms with Gasteiger partial charge in [-0.15, -0.1) is 0 Å². The number of amides is 1. The Balaban J connectivity index is 2.02. The first-order valence-electron chi connectivity index (χ1n) is 7.14. The number of benzene rings is 2. The molecule has 2 rings (SSSR count). The standard InChI is InChI=1S/C17H20N2OS/c1-2-15(11-16(18)21)19-17(20)10-12-7-8-13-5-3-4-6-14(13)9-12/h3-9,15H,2,10-11H2,1H3,(H2,18,21)(H,19,20). The number of fused-ring (bicyclic) bond motifs is 1. The van der Waals surface area contributed by atoms with Gasteiger partial charge < -0.3 is 11.1 Å². The van der Waals surface area contributed by atoms with Gasteiger partial charge in [0.15, 0.2) is 0 Å². The summed E-state index contributed by atoms with van der Waals surface area (Å²) in [4.78, 5) is 12.5. The van der Waals surface area contributed by atoms with Crippen LogP contribution in [0.25, 0.3) is 10.8 Å². The smallest absolute Gasteiger partial charge is 0.224 e. The summed E-state index contributed by atoms with van der Waals surface area (Å²) in [5, 5.41) is 5.32. The molecule has 1 amide bonds. The maximum Gasteiger partial charge on any atom is 0.224 e. The Bertz CT molecular complexity index is 654. The van der Waals surface area contributed by atoms with Crippen molar-refractivity contribution in [1.82, 2.24) is 5.32 Å². The summed E-state index contributed by atoms with van der Waals surface area (Å²) in [6.45, 7) is 2.01. The molecule has 0 aromatic heterocycles. The Kier molecular flexibility index (Phi) is 5.28. The van der Waals surface area contributed by atoms with Gasteiger partial charge >= 0.3 is 0 Å². The van der Waals surface area contributed by atoms with Crippen molar-refractivity contribution in [3.05, 3.63) is 48.0 Å². The van der Waals surface area contributed by atoms with Gasteiger partial charge in [-0.3, -0.25) is 4.79 Å². The minimum atomic E-state index is 0.00776. The first kappa shape index (κ1) is 15.4. The van der Waals surface area contributed by atoms with Crippen LogP contribution in [0.15, 0.2) is 42.5 Å². The van der Waals surface area contributed by atoms with Gasteiger partial charge in [-0.25, -0.2) is 0 Å². The molecule has 3 nitrogen and oxygen atoms in total. The Morgan fingerprint density at radius 3 is 2.62 bits per heavy atom. The average Bonchev–Trinajstić information content (AvgIpc) is 2.45. The molecule has 2 aromatic rings. The molecule has 21 heavy (non-hydrogen) atoms. The summed E-state index contributed by atoms with van der Waals surface area (Å²) >= 11 is 4.90. The van der Waals surface area contributed by atoms with Gasteiger partial charge in [0.2, 0.25) is 5.91 Å². The van der Waals surface area contributed by atoms with E-state index < -0.39 is 0 Å². The van der Waals surface area contributed by atoms with Crippen molar-refractivity contribution in [2.75, 3.05) is 0 Å². The summed E-state index contributed by atoms with van der Waals surface area (Å²) in [5.74, 6) is 0.00776. The number of nitrogens with one attached hydrogen (secondary N) is 1. The van der Waals surface area contributed by atoms with Crippen LogP contribution >= 0.6 is 12.2 Å². The van der Waals surface area contributed by atoms with Crippen molar-refractivity contribution in [3.8, 4) is 0 Å². The van der Waals surface area contributed by atoms with E-state index in [0.717, 1.165) is 17.4 Å². The van der Waals surface area contributed by atoms with Gasteiger partial charge in [-0.2, -0.15) is 0 Å². The van der Waals surface area contributed by atoms with E-state index in [2.05, 4.69) is 23.5 Å². The molecule has 0 aliphatic heterocycles. The van der Waals surface area contributed by atoms with Crippen molar-refractivity contribution in [2.45, 2.75) is 32.2 Å². The van der Waals surface area contributed by atoms with E-state index in [1.165, 1.54) is 5.39 Å². The molecule has 110 valence electrons. The molecule has 1 atom stereocenters. The molecule has 0 radical (unpaired) electrons. The van der Waals surface area contributed by atoms with Crippen LogP contribution in [0.4, 0.5) is 0 Å². The second-order valence-electron chi connectivity index (χ2n) is 5.20. The fourth-order valence-electron chi connectivity index (χ4n) is 2.35. The summed E-state index contributed by atoms with van der Waals surface area (Å²) in [6, 6.07) is 14.3. The van der Waals surface area contributed by atoms with E-state index in [-0.39, 0.29) is 11.9 Å². The summed E-state index contributed by atoms with van der Waals surface area (Å²) in [7, 11) is 0. The van der Waals surface area contributed by atoms with E-state index in [1.54, 1.807) is 0 Å². The van der Waals surface area contributed by atoms with Crippen molar-refractivity contribution in [3.63, 3.8) is 0 Å². The van der Waals surface area contributed by atoms with Gasteiger partial charge in [0.05, 0.1) is 11.4 Å². The minimum absolute atomic E-state index is 0.00776. The van der Waals surface area contributed by atoms with Crippen LogP contribution < -0.4 is 11.1 Å². The first-order chi connectivity index (χ1) is 10.1.